The van der Waals surface area contributed by atoms with Crippen LogP contribution < -0.4 is 15.2 Å². The number of carbonyl (C=O) groups is 1. The molecule has 1 saturated carbocycles. The first-order chi connectivity index (χ1) is 13.1. The molecule has 0 aliphatic heterocycles. The van der Waals surface area contributed by atoms with Crippen molar-refractivity contribution >= 4 is 5.78 Å². The fourth-order valence-corrected chi connectivity index (χ4v) is 4.46. The van der Waals surface area contributed by atoms with E-state index < -0.39 is 0 Å². The number of ketones is 1. The molecule has 140 valence electrons. The summed E-state index contributed by atoms with van der Waals surface area (Å²) >= 11 is 0. The minimum atomic E-state index is -0.237. The van der Waals surface area contributed by atoms with Gasteiger partial charge in [0.25, 0.3) is 0 Å². The number of carbonyl (C=O) groups excluding carboxylic acids is 1. The van der Waals surface area contributed by atoms with E-state index in [0.717, 1.165) is 22.6 Å². The molecule has 4 nitrogen and oxygen atoms in total. The third-order valence-electron chi connectivity index (χ3n) is 5.92. The van der Waals surface area contributed by atoms with Crippen LogP contribution in [0.25, 0.3) is 0 Å². The van der Waals surface area contributed by atoms with Crippen LogP contribution >= 0.6 is 0 Å². The van der Waals surface area contributed by atoms with E-state index in [9.17, 15) is 4.79 Å². The summed E-state index contributed by atoms with van der Waals surface area (Å²) in [4.78, 5) is 13.0. The third kappa shape index (κ3) is 2.94. The monoisotopic (exact) mass is 363 g/mol. The number of Topliss-reactive ketones (excluding diaryl/α,β-unsaturated/α-hetero) is 1. The highest BCUT2D eigenvalue weighted by molar-refractivity contribution is 5.87. The Morgan fingerprint density at radius 2 is 1.67 bits per heavy atom. The molecule has 27 heavy (non-hydrogen) atoms. The first-order valence-electron chi connectivity index (χ1n) is 9.35. The fourth-order valence-electron chi connectivity index (χ4n) is 4.46. The number of rotatable bonds is 5. The number of hydrogen-bond acceptors (Lipinski definition) is 4. The van der Waals surface area contributed by atoms with E-state index in [1.807, 2.05) is 18.2 Å². The van der Waals surface area contributed by atoms with Gasteiger partial charge in [0, 0.05) is 24.2 Å². The Morgan fingerprint density at radius 3 is 2.33 bits per heavy atom. The summed E-state index contributed by atoms with van der Waals surface area (Å²) < 4.78 is 10.9. The predicted octanol–water partition coefficient (Wildman–Crippen LogP) is 3.70. The van der Waals surface area contributed by atoms with Crippen molar-refractivity contribution < 1.29 is 14.3 Å². The molecule has 1 fully saturated rings. The van der Waals surface area contributed by atoms with Crippen LogP contribution in [0, 0.1) is 0 Å². The Bertz CT molecular complexity index is 918. The molecule has 2 aromatic rings. The van der Waals surface area contributed by atoms with Crippen molar-refractivity contribution in [2.75, 3.05) is 20.8 Å². The van der Waals surface area contributed by atoms with Gasteiger partial charge >= 0.3 is 0 Å². The van der Waals surface area contributed by atoms with Crippen molar-refractivity contribution in [2.24, 2.45) is 5.73 Å². The molecule has 0 saturated heterocycles. The highest BCUT2D eigenvalue weighted by Gasteiger charge is 2.48. The molecule has 0 amide bonds. The number of ether oxygens (including phenoxy) is 2. The van der Waals surface area contributed by atoms with Gasteiger partial charge in [0.2, 0.25) is 0 Å². The normalized spacial score (nSPS) is 22.6. The first kappa shape index (κ1) is 17.8. The number of hydrogen-bond donors (Lipinski definition) is 1. The van der Waals surface area contributed by atoms with Crippen LogP contribution in [-0.4, -0.2) is 26.5 Å². The summed E-state index contributed by atoms with van der Waals surface area (Å²) in [7, 11) is 3.32. The molecule has 0 spiro atoms. The zero-order valence-electron chi connectivity index (χ0n) is 15.8. The minimum Gasteiger partial charge on any atom is -0.497 e. The first-order valence-corrected chi connectivity index (χ1v) is 9.35. The van der Waals surface area contributed by atoms with E-state index in [1.54, 1.807) is 14.2 Å². The van der Waals surface area contributed by atoms with Crippen molar-refractivity contribution in [3.05, 3.63) is 70.8 Å². The highest BCUT2D eigenvalue weighted by Crippen LogP contribution is 2.62. The Hall–Kier alpha value is -2.59. The molecular weight excluding hydrogens is 338 g/mol. The van der Waals surface area contributed by atoms with Gasteiger partial charge in [-0.1, -0.05) is 24.3 Å². The molecule has 2 aromatic carbocycles. The van der Waals surface area contributed by atoms with E-state index >= 15 is 0 Å². The Morgan fingerprint density at radius 1 is 1.04 bits per heavy atom. The van der Waals surface area contributed by atoms with Gasteiger partial charge in [-0.05, 0) is 59.5 Å². The van der Waals surface area contributed by atoms with E-state index in [4.69, 9.17) is 15.2 Å². The Kier molecular flexibility index (Phi) is 4.52. The van der Waals surface area contributed by atoms with E-state index in [0.29, 0.717) is 25.3 Å². The van der Waals surface area contributed by atoms with Crippen LogP contribution in [0.5, 0.6) is 11.5 Å². The van der Waals surface area contributed by atoms with Gasteiger partial charge < -0.3 is 15.2 Å². The molecule has 3 atom stereocenters. The maximum absolute atomic E-state index is 13.0. The molecule has 2 aliphatic carbocycles. The van der Waals surface area contributed by atoms with Crippen LogP contribution in [-0.2, 0) is 11.2 Å². The number of methoxy groups -OCH3 is 2. The average molecular weight is 363 g/mol. The fraction of sp³-hybridized carbons (Fsp3) is 0.348. The third-order valence-corrected chi connectivity index (χ3v) is 5.92. The lowest BCUT2D eigenvalue weighted by Gasteiger charge is -2.24. The summed E-state index contributed by atoms with van der Waals surface area (Å²) in [5.41, 5.74) is 11.6. The highest BCUT2D eigenvalue weighted by atomic mass is 16.5. The van der Waals surface area contributed by atoms with Gasteiger partial charge in [0.1, 0.15) is 17.3 Å². The molecule has 4 heteroatoms. The lowest BCUT2D eigenvalue weighted by molar-refractivity contribution is -0.120. The topological polar surface area (TPSA) is 61.5 Å². The number of nitrogens with two attached hydrogens (primary N) is 1. The minimum absolute atomic E-state index is 0.172. The second-order valence-corrected chi connectivity index (χ2v) is 7.35. The van der Waals surface area contributed by atoms with Crippen molar-refractivity contribution in [1.82, 2.24) is 0 Å². The standard InChI is InChI=1S/C23H25NO3/c1-13-22-17-6-4-15(26-2)10-14(17)11-20(21(25)8-9-24)19-12-16(27-3)5-7-18(19)23(13)22/h4-7,10,12,20,22-23H,1,8-9,11,24H2,2-3H3. The Balaban J connectivity index is 1.89. The van der Waals surface area contributed by atoms with E-state index in [2.05, 4.69) is 24.8 Å². The maximum atomic E-state index is 13.0. The summed E-state index contributed by atoms with van der Waals surface area (Å²) in [5, 5.41) is 0. The molecule has 4 rings (SSSR count). The van der Waals surface area contributed by atoms with Crippen molar-refractivity contribution in [3.63, 3.8) is 0 Å². The number of fused-ring (bicyclic) bond motifs is 5. The van der Waals surface area contributed by atoms with E-state index in [1.165, 1.54) is 16.7 Å². The van der Waals surface area contributed by atoms with E-state index in [-0.39, 0.29) is 17.6 Å². The average Bonchev–Trinajstić information content (AvgIpc) is 3.33. The zero-order valence-corrected chi connectivity index (χ0v) is 15.8. The van der Waals surface area contributed by atoms with Crippen LogP contribution in [0.4, 0.5) is 0 Å². The molecule has 2 aliphatic rings. The summed E-state index contributed by atoms with van der Waals surface area (Å²) in [6.45, 7) is 4.68. The van der Waals surface area contributed by atoms with Crippen molar-refractivity contribution in [1.29, 1.82) is 0 Å². The largest absolute Gasteiger partial charge is 0.497 e. The summed E-state index contributed by atoms with van der Waals surface area (Å²) in [6.07, 6.45) is 1.01. The van der Waals surface area contributed by atoms with Crippen LogP contribution in [0.2, 0.25) is 0 Å². The maximum Gasteiger partial charge on any atom is 0.141 e. The Labute approximate surface area is 160 Å². The van der Waals surface area contributed by atoms with Crippen LogP contribution in [0.3, 0.4) is 0 Å². The van der Waals surface area contributed by atoms with Crippen molar-refractivity contribution in [2.45, 2.75) is 30.6 Å². The predicted molar refractivity (Wildman–Crippen MR) is 106 cm³/mol. The summed E-state index contributed by atoms with van der Waals surface area (Å²) in [5.74, 6) is 2.08. The van der Waals surface area contributed by atoms with Gasteiger partial charge in [-0.3, -0.25) is 4.79 Å². The molecule has 0 radical (unpaired) electrons. The van der Waals surface area contributed by atoms with Gasteiger partial charge in [-0.2, -0.15) is 0 Å². The zero-order chi connectivity index (χ0) is 19.1. The lowest BCUT2D eigenvalue weighted by atomic mass is 9.79. The molecule has 0 bridgehead atoms. The second-order valence-electron chi connectivity index (χ2n) is 7.35. The van der Waals surface area contributed by atoms with Gasteiger partial charge in [0.05, 0.1) is 14.2 Å². The molecular formula is C23H25NO3. The van der Waals surface area contributed by atoms with Gasteiger partial charge in [0.15, 0.2) is 0 Å². The summed E-state index contributed by atoms with van der Waals surface area (Å²) in [6, 6.07) is 12.3. The SMILES string of the molecule is C=C1C2c3ccc(OC)cc3CC(C(=O)CCN)c3cc(OC)ccc3C12. The molecule has 2 N–H and O–H groups in total. The van der Waals surface area contributed by atoms with Crippen LogP contribution in [0.1, 0.15) is 46.4 Å². The van der Waals surface area contributed by atoms with Gasteiger partial charge in [-0.15, -0.1) is 0 Å². The number of allylic oxidation sites excluding steroid dienone is 1. The lowest BCUT2D eigenvalue weighted by Crippen LogP contribution is -2.21. The number of benzene rings is 2. The second kappa shape index (κ2) is 6.86. The smallest absolute Gasteiger partial charge is 0.141 e. The van der Waals surface area contributed by atoms with Crippen molar-refractivity contribution in [3.8, 4) is 11.5 Å². The quantitative estimate of drug-likeness (QED) is 0.823. The molecule has 3 unspecified atom stereocenters. The molecule has 0 aromatic heterocycles. The molecule has 0 heterocycles. The van der Waals surface area contributed by atoms with Crippen LogP contribution in [0.15, 0.2) is 48.6 Å². The van der Waals surface area contributed by atoms with Gasteiger partial charge in [-0.25, -0.2) is 0 Å².